The summed E-state index contributed by atoms with van der Waals surface area (Å²) in [7, 11) is 0. The van der Waals surface area contributed by atoms with Gasteiger partial charge in [0, 0.05) is 48.7 Å². The van der Waals surface area contributed by atoms with Crippen LogP contribution in [0.2, 0.25) is 0 Å². The van der Waals surface area contributed by atoms with Crippen LogP contribution in [0.1, 0.15) is 18.0 Å². The molecule has 1 fully saturated rings. The molecule has 1 aromatic carbocycles. The first kappa shape index (κ1) is 12.5. The second-order valence-electron chi connectivity index (χ2n) is 6.19. The van der Waals surface area contributed by atoms with Crippen molar-refractivity contribution in [3.63, 3.8) is 0 Å². The summed E-state index contributed by atoms with van der Waals surface area (Å²) in [5, 5.41) is 0. The summed E-state index contributed by atoms with van der Waals surface area (Å²) in [5.41, 5.74) is 9.13. The van der Waals surface area contributed by atoms with E-state index in [0.29, 0.717) is 11.8 Å². The number of rotatable bonds is 1. The molecule has 3 heterocycles. The second-order valence-corrected chi connectivity index (χ2v) is 6.19. The fraction of sp³-hybridized carbons (Fsp3) is 0.353. The van der Waals surface area contributed by atoms with E-state index in [1.165, 1.54) is 17.8 Å². The van der Waals surface area contributed by atoms with E-state index in [-0.39, 0.29) is 5.56 Å². The number of anilines is 2. The topological polar surface area (TPSA) is 51.3 Å². The molecule has 2 aromatic rings. The number of hydrogen-bond donors (Lipinski definition) is 1. The van der Waals surface area contributed by atoms with Crippen LogP contribution in [0.3, 0.4) is 0 Å². The van der Waals surface area contributed by atoms with E-state index < -0.39 is 0 Å². The standard InChI is InChI=1S/C17H19N3O/c18-14-4-6-15(7-5-14)19-9-12-8-13(11-19)16-2-1-3-17(21)20(16)10-12/h1-7,12-13H,8-11,18H2/t12-,13+/m0/s1. The van der Waals surface area contributed by atoms with E-state index in [1.807, 2.05) is 22.8 Å². The fourth-order valence-corrected chi connectivity index (χ4v) is 3.79. The molecule has 1 aromatic heterocycles. The number of nitrogen functional groups attached to an aromatic ring is 1. The molecule has 2 atom stereocenters. The van der Waals surface area contributed by atoms with Gasteiger partial charge < -0.3 is 15.2 Å². The van der Waals surface area contributed by atoms with Gasteiger partial charge in [-0.1, -0.05) is 6.07 Å². The van der Waals surface area contributed by atoms with Crippen molar-refractivity contribution in [3.05, 3.63) is 58.5 Å². The first-order valence-corrected chi connectivity index (χ1v) is 7.51. The number of fused-ring (bicyclic) bond motifs is 4. The highest BCUT2D eigenvalue weighted by atomic mass is 16.1. The zero-order valence-electron chi connectivity index (χ0n) is 11.9. The Hall–Kier alpha value is -2.23. The molecule has 4 rings (SSSR count). The van der Waals surface area contributed by atoms with Crippen molar-refractivity contribution in [2.75, 3.05) is 23.7 Å². The van der Waals surface area contributed by atoms with E-state index >= 15 is 0 Å². The van der Waals surface area contributed by atoms with Crippen LogP contribution < -0.4 is 16.2 Å². The van der Waals surface area contributed by atoms with Crippen molar-refractivity contribution in [1.82, 2.24) is 4.57 Å². The molecule has 0 radical (unpaired) electrons. The van der Waals surface area contributed by atoms with Gasteiger partial charge in [0.25, 0.3) is 5.56 Å². The summed E-state index contributed by atoms with van der Waals surface area (Å²) in [6.07, 6.45) is 1.19. The molecule has 2 aliphatic heterocycles. The Balaban J connectivity index is 1.68. The minimum atomic E-state index is 0.142. The van der Waals surface area contributed by atoms with E-state index in [4.69, 9.17) is 5.73 Å². The van der Waals surface area contributed by atoms with Crippen LogP contribution in [0.5, 0.6) is 0 Å². The summed E-state index contributed by atoms with van der Waals surface area (Å²) in [4.78, 5) is 14.4. The molecule has 0 saturated carbocycles. The minimum Gasteiger partial charge on any atom is -0.399 e. The van der Waals surface area contributed by atoms with Crippen LogP contribution in [0.25, 0.3) is 0 Å². The van der Waals surface area contributed by atoms with Crippen molar-refractivity contribution in [2.45, 2.75) is 18.9 Å². The Bertz CT molecular complexity index is 720. The van der Waals surface area contributed by atoms with Crippen molar-refractivity contribution >= 4 is 11.4 Å². The van der Waals surface area contributed by atoms with E-state index in [1.54, 1.807) is 6.07 Å². The summed E-state index contributed by atoms with van der Waals surface area (Å²) in [5.74, 6) is 0.998. The molecule has 108 valence electrons. The van der Waals surface area contributed by atoms with Crippen LogP contribution >= 0.6 is 0 Å². The van der Waals surface area contributed by atoms with Gasteiger partial charge in [0.1, 0.15) is 0 Å². The fourth-order valence-electron chi connectivity index (χ4n) is 3.79. The minimum absolute atomic E-state index is 0.142. The predicted molar refractivity (Wildman–Crippen MR) is 84.6 cm³/mol. The van der Waals surface area contributed by atoms with Gasteiger partial charge in [0.2, 0.25) is 0 Å². The maximum Gasteiger partial charge on any atom is 0.250 e. The normalized spacial score (nSPS) is 23.7. The molecule has 2 aliphatic rings. The smallest absolute Gasteiger partial charge is 0.250 e. The number of pyridine rings is 1. The van der Waals surface area contributed by atoms with E-state index in [0.717, 1.165) is 25.3 Å². The van der Waals surface area contributed by atoms with Crippen LogP contribution in [-0.2, 0) is 6.54 Å². The lowest BCUT2D eigenvalue weighted by Gasteiger charge is -2.43. The number of nitrogens with two attached hydrogens (primary N) is 1. The maximum atomic E-state index is 12.0. The zero-order valence-corrected chi connectivity index (χ0v) is 11.9. The van der Waals surface area contributed by atoms with Gasteiger partial charge in [-0.25, -0.2) is 0 Å². The predicted octanol–water partition coefficient (Wildman–Crippen LogP) is 2.05. The van der Waals surface area contributed by atoms with Crippen LogP contribution in [0.4, 0.5) is 11.4 Å². The summed E-state index contributed by atoms with van der Waals surface area (Å²) < 4.78 is 1.97. The Morgan fingerprint density at radius 1 is 1.00 bits per heavy atom. The number of benzene rings is 1. The second kappa shape index (κ2) is 4.65. The van der Waals surface area contributed by atoms with Gasteiger partial charge in [-0.05, 0) is 42.7 Å². The third-order valence-electron chi connectivity index (χ3n) is 4.74. The molecular weight excluding hydrogens is 262 g/mol. The average molecular weight is 281 g/mol. The van der Waals surface area contributed by atoms with Crippen molar-refractivity contribution in [3.8, 4) is 0 Å². The molecule has 1 saturated heterocycles. The molecule has 0 spiro atoms. The molecule has 0 amide bonds. The lowest BCUT2D eigenvalue weighted by atomic mass is 9.83. The highest BCUT2D eigenvalue weighted by Gasteiger charge is 2.34. The number of aromatic nitrogens is 1. The van der Waals surface area contributed by atoms with Gasteiger partial charge in [0.15, 0.2) is 0 Å². The molecule has 0 aliphatic carbocycles. The maximum absolute atomic E-state index is 12.0. The molecule has 4 heteroatoms. The Morgan fingerprint density at radius 2 is 1.81 bits per heavy atom. The average Bonchev–Trinajstić information content (AvgIpc) is 2.49. The van der Waals surface area contributed by atoms with Crippen LogP contribution in [0.15, 0.2) is 47.3 Å². The molecule has 4 nitrogen and oxygen atoms in total. The van der Waals surface area contributed by atoms with Crippen molar-refractivity contribution < 1.29 is 0 Å². The number of hydrogen-bond acceptors (Lipinski definition) is 3. The Labute approximate surface area is 123 Å². The third kappa shape index (κ3) is 2.11. The van der Waals surface area contributed by atoms with Crippen molar-refractivity contribution in [2.24, 2.45) is 5.92 Å². The van der Waals surface area contributed by atoms with Crippen LogP contribution in [-0.4, -0.2) is 17.7 Å². The highest BCUT2D eigenvalue weighted by molar-refractivity contribution is 5.54. The van der Waals surface area contributed by atoms with Crippen molar-refractivity contribution in [1.29, 1.82) is 0 Å². The summed E-state index contributed by atoms with van der Waals surface area (Å²) in [6, 6.07) is 13.8. The first-order chi connectivity index (χ1) is 10.2. The lowest BCUT2D eigenvalue weighted by molar-refractivity contribution is 0.281. The van der Waals surface area contributed by atoms with Gasteiger partial charge in [0.05, 0.1) is 0 Å². The van der Waals surface area contributed by atoms with Gasteiger partial charge >= 0.3 is 0 Å². The van der Waals surface area contributed by atoms with E-state index in [9.17, 15) is 4.79 Å². The van der Waals surface area contributed by atoms with Gasteiger partial charge in [-0.15, -0.1) is 0 Å². The molecule has 2 N–H and O–H groups in total. The highest BCUT2D eigenvalue weighted by Crippen LogP contribution is 2.36. The number of nitrogens with zero attached hydrogens (tertiary/aromatic N) is 2. The van der Waals surface area contributed by atoms with Crippen LogP contribution in [0, 0.1) is 5.92 Å². The summed E-state index contributed by atoms with van der Waals surface area (Å²) in [6.45, 7) is 2.84. The van der Waals surface area contributed by atoms with E-state index in [2.05, 4.69) is 23.1 Å². The quantitative estimate of drug-likeness (QED) is 0.814. The lowest BCUT2D eigenvalue weighted by Crippen LogP contribution is -2.47. The number of piperidine rings is 1. The molecular formula is C17H19N3O. The summed E-state index contributed by atoms with van der Waals surface area (Å²) >= 11 is 0. The largest absolute Gasteiger partial charge is 0.399 e. The third-order valence-corrected chi connectivity index (χ3v) is 4.74. The molecule has 0 unspecified atom stereocenters. The van der Waals surface area contributed by atoms with Gasteiger partial charge in [-0.2, -0.15) is 0 Å². The Kier molecular flexibility index (Phi) is 2.77. The van der Waals surface area contributed by atoms with Gasteiger partial charge in [-0.3, -0.25) is 4.79 Å². The first-order valence-electron chi connectivity index (χ1n) is 7.51. The molecule has 21 heavy (non-hydrogen) atoms. The molecule has 2 bridgehead atoms. The SMILES string of the molecule is Nc1ccc(N2C[C@@H]3C[C@H](C2)c2cccc(=O)n2C3)cc1. The Morgan fingerprint density at radius 3 is 2.62 bits per heavy atom. The zero-order chi connectivity index (χ0) is 14.4. The monoisotopic (exact) mass is 281 g/mol.